The van der Waals surface area contributed by atoms with Gasteiger partial charge in [0.15, 0.2) is 0 Å². The molecule has 1 fully saturated rings. The summed E-state index contributed by atoms with van der Waals surface area (Å²) in [4.78, 5) is 0. The number of rotatable bonds is 10. The molecule has 0 aromatic heterocycles. The van der Waals surface area contributed by atoms with Crippen LogP contribution >= 0.6 is 0 Å². The molecule has 0 saturated heterocycles. The highest BCUT2D eigenvalue weighted by molar-refractivity contribution is 4.79. The summed E-state index contributed by atoms with van der Waals surface area (Å²) in [6.07, 6.45) is 7.86. The van der Waals surface area contributed by atoms with Gasteiger partial charge in [0, 0.05) is 12.6 Å². The molecule has 3 nitrogen and oxygen atoms in total. The van der Waals surface area contributed by atoms with E-state index in [0.717, 1.165) is 38.8 Å². The molecule has 102 valence electrons. The highest BCUT2D eigenvalue weighted by atomic mass is 16.5. The second kappa shape index (κ2) is 9.86. The van der Waals surface area contributed by atoms with E-state index in [2.05, 4.69) is 12.2 Å². The molecule has 1 atom stereocenters. The molecule has 0 spiro atoms. The molecule has 0 aliphatic heterocycles. The molecule has 0 bridgehead atoms. The van der Waals surface area contributed by atoms with E-state index in [1.807, 2.05) is 7.05 Å². The Morgan fingerprint density at radius 2 is 1.82 bits per heavy atom. The van der Waals surface area contributed by atoms with Crippen molar-refractivity contribution in [2.75, 3.05) is 33.5 Å². The van der Waals surface area contributed by atoms with Gasteiger partial charge in [-0.3, -0.25) is 0 Å². The monoisotopic (exact) mass is 243 g/mol. The Kier molecular flexibility index (Phi) is 8.67. The van der Waals surface area contributed by atoms with Gasteiger partial charge < -0.3 is 14.8 Å². The minimum Gasteiger partial charge on any atom is -0.379 e. The maximum Gasteiger partial charge on any atom is 0.0701 e. The summed E-state index contributed by atoms with van der Waals surface area (Å²) in [6, 6.07) is 0.535. The minimum atomic E-state index is 0.535. The fourth-order valence-electron chi connectivity index (χ4n) is 2.49. The van der Waals surface area contributed by atoms with Crippen molar-refractivity contribution in [2.24, 2.45) is 5.92 Å². The quantitative estimate of drug-likeness (QED) is 0.598. The van der Waals surface area contributed by atoms with Crippen LogP contribution in [0.4, 0.5) is 0 Å². The van der Waals surface area contributed by atoms with Crippen LogP contribution in [0.1, 0.15) is 45.4 Å². The zero-order valence-electron chi connectivity index (χ0n) is 11.5. The fourth-order valence-corrected chi connectivity index (χ4v) is 2.49. The van der Waals surface area contributed by atoms with Crippen LogP contribution in [0.15, 0.2) is 0 Å². The fraction of sp³-hybridized carbons (Fsp3) is 1.00. The summed E-state index contributed by atoms with van der Waals surface area (Å²) in [5, 5.41) is 3.39. The molecule has 1 aliphatic rings. The molecule has 1 N–H and O–H groups in total. The predicted octanol–water partition coefficient (Wildman–Crippen LogP) is 2.60. The number of ether oxygens (including phenoxy) is 2. The minimum absolute atomic E-state index is 0.535. The standard InChI is InChI=1S/C14H29NO2/c1-3-4-9-16-10-11-17-12-14(15-2)13-7-5-6-8-13/h13-15H,3-12H2,1-2H3. The van der Waals surface area contributed by atoms with Gasteiger partial charge in [-0.2, -0.15) is 0 Å². The highest BCUT2D eigenvalue weighted by Gasteiger charge is 2.23. The first-order valence-corrected chi connectivity index (χ1v) is 7.21. The molecular weight excluding hydrogens is 214 g/mol. The number of unbranched alkanes of at least 4 members (excludes halogenated alkanes) is 1. The van der Waals surface area contributed by atoms with E-state index >= 15 is 0 Å². The van der Waals surface area contributed by atoms with Crippen LogP contribution in [0.3, 0.4) is 0 Å². The van der Waals surface area contributed by atoms with Crippen molar-refractivity contribution in [1.29, 1.82) is 0 Å². The van der Waals surface area contributed by atoms with E-state index in [0.29, 0.717) is 6.04 Å². The Balaban J connectivity index is 1.96. The van der Waals surface area contributed by atoms with Crippen LogP contribution in [0, 0.1) is 5.92 Å². The lowest BCUT2D eigenvalue weighted by atomic mass is 9.99. The largest absolute Gasteiger partial charge is 0.379 e. The second-order valence-electron chi connectivity index (χ2n) is 4.98. The molecule has 0 amide bonds. The van der Waals surface area contributed by atoms with Crippen molar-refractivity contribution >= 4 is 0 Å². The average Bonchev–Trinajstić information content (AvgIpc) is 2.86. The lowest BCUT2D eigenvalue weighted by Crippen LogP contribution is -2.37. The summed E-state index contributed by atoms with van der Waals surface area (Å²) < 4.78 is 11.2. The van der Waals surface area contributed by atoms with Crippen LogP contribution in [-0.2, 0) is 9.47 Å². The Bertz CT molecular complexity index is 170. The molecule has 1 aliphatic carbocycles. The zero-order valence-corrected chi connectivity index (χ0v) is 11.5. The van der Waals surface area contributed by atoms with Gasteiger partial charge in [-0.1, -0.05) is 26.2 Å². The van der Waals surface area contributed by atoms with E-state index < -0.39 is 0 Å². The summed E-state index contributed by atoms with van der Waals surface area (Å²) in [6.45, 7) is 5.35. The molecule has 1 rings (SSSR count). The number of hydrogen-bond donors (Lipinski definition) is 1. The first-order valence-electron chi connectivity index (χ1n) is 7.21. The van der Waals surface area contributed by atoms with Gasteiger partial charge in [-0.05, 0) is 32.2 Å². The lowest BCUT2D eigenvalue weighted by Gasteiger charge is -2.22. The van der Waals surface area contributed by atoms with Crippen LogP contribution in [-0.4, -0.2) is 39.5 Å². The maximum atomic E-state index is 5.69. The van der Waals surface area contributed by atoms with Gasteiger partial charge >= 0.3 is 0 Å². The SMILES string of the molecule is CCCCOCCOCC(NC)C1CCCC1. The Labute approximate surface area is 106 Å². The first-order chi connectivity index (χ1) is 8.38. The predicted molar refractivity (Wildman–Crippen MR) is 71.4 cm³/mol. The third-order valence-electron chi connectivity index (χ3n) is 3.65. The van der Waals surface area contributed by atoms with Gasteiger partial charge in [0.25, 0.3) is 0 Å². The Morgan fingerprint density at radius 3 is 2.47 bits per heavy atom. The molecular formula is C14H29NO2. The summed E-state index contributed by atoms with van der Waals surface area (Å²) in [5.74, 6) is 0.820. The molecule has 17 heavy (non-hydrogen) atoms. The van der Waals surface area contributed by atoms with E-state index in [4.69, 9.17) is 9.47 Å². The molecule has 3 heteroatoms. The van der Waals surface area contributed by atoms with Crippen molar-refractivity contribution in [3.63, 3.8) is 0 Å². The van der Waals surface area contributed by atoms with Crippen molar-refractivity contribution in [3.05, 3.63) is 0 Å². The number of nitrogens with one attached hydrogen (secondary N) is 1. The van der Waals surface area contributed by atoms with Gasteiger partial charge in [0.2, 0.25) is 0 Å². The normalized spacial score (nSPS) is 18.7. The van der Waals surface area contributed by atoms with Crippen LogP contribution in [0.25, 0.3) is 0 Å². The third kappa shape index (κ3) is 6.39. The van der Waals surface area contributed by atoms with Crippen molar-refractivity contribution in [1.82, 2.24) is 5.32 Å². The first kappa shape index (κ1) is 14.9. The summed E-state index contributed by atoms with van der Waals surface area (Å²) in [5.41, 5.74) is 0. The average molecular weight is 243 g/mol. The molecule has 0 radical (unpaired) electrons. The smallest absolute Gasteiger partial charge is 0.0701 e. The summed E-state index contributed by atoms with van der Waals surface area (Å²) in [7, 11) is 2.05. The van der Waals surface area contributed by atoms with Gasteiger partial charge in [-0.15, -0.1) is 0 Å². The number of hydrogen-bond acceptors (Lipinski definition) is 3. The molecule has 1 unspecified atom stereocenters. The Morgan fingerprint density at radius 1 is 1.12 bits per heavy atom. The maximum absolute atomic E-state index is 5.69. The third-order valence-corrected chi connectivity index (χ3v) is 3.65. The van der Waals surface area contributed by atoms with Crippen LogP contribution in [0.2, 0.25) is 0 Å². The lowest BCUT2D eigenvalue weighted by molar-refractivity contribution is 0.0326. The van der Waals surface area contributed by atoms with Gasteiger partial charge in [0.05, 0.1) is 19.8 Å². The molecule has 0 aromatic carbocycles. The topological polar surface area (TPSA) is 30.5 Å². The molecule has 0 aromatic rings. The number of likely N-dealkylation sites (N-methyl/N-ethyl adjacent to an activating group) is 1. The van der Waals surface area contributed by atoms with Crippen LogP contribution in [0.5, 0.6) is 0 Å². The van der Waals surface area contributed by atoms with Crippen molar-refractivity contribution in [2.45, 2.75) is 51.5 Å². The second-order valence-corrected chi connectivity index (χ2v) is 4.98. The van der Waals surface area contributed by atoms with Gasteiger partial charge in [0.1, 0.15) is 0 Å². The summed E-state index contributed by atoms with van der Waals surface area (Å²) >= 11 is 0. The Hall–Kier alpha value is -0.120. The van der Waals surface area contributed by atoms with E-state index in [1.54, 1.807) is 0 Å². The molecule has 1 saturated carbocycles. The van der Waals surface area contributed by atoms with E-state index in [-0.39, 0.29) is 0 Å². The van der Waals surface area contributed by atoms with Crippen molar-refractivity contribution < 1.29 is 9.47 Å². The highest BCUT2D eigenvalue weighted by Crippen LogP contribution is 2.27. The van der Waals surface area contributed by atoms with Crippen LogP contribution < -0.4 is 5.32 Å². The van der Waals surface area contributed by atoms with E-state index in [1.165, 1.54) is 32.1 Å². The van der Waals surface area contributed by atoms with Gasteiger partial charge in [-0.25, -0.2) is 0 Å². The van der Waals surface area contributed by atoms with E-state index in [9.17, 15) is 0 Å². The van der Waals surface area contributed by atoms with Crippen molar-refractivity contribution in [3.8, 4) is 0 Å². The molecule has 0 heterocycles. The zero-order chi connectivity index (χ0) is 12.3.